The summed E-state index contributed by atoms with van der Waals surface area (Å²) in [4.78, 5) is 23.2. The van der Waals surface area contributed by atoms with Crippen LogP contribution in [0, 0.1) is 0 Å². The van der Waals surface area contributed by atoms with Crippen molar-refractivity contribution in [3.05, 3.63) is 40.8 Å². The number of fused-ring (bicyclic) bond motifs is 1. The lowest BCUT2D eigenvalue weighted by Crippen LogP contribution is -2.43. The number of benzene rings is 1. The summed E-state index contributed by atoms with van der Waals surface area (Å²) in [5.74, 6) is -0.0126. The minimum Gasteiger partial charge on any atom is -0.423 e. The summed E-state index contributed by atoms with van der Waals surface area (Å²) >= 11 is 0. The van der Waals surface area contributed by atoms with Crippen LogP contribution in [0.4, 0.5) is 5.69 Å². The van der Waals surface area contributed by atoms with E-state index in [2.05, 4.69) is 10.6 Å². The van der Waals surface area contributed by atoms with E-state index in [0.29, 0.717) is 11.3 Å². The van der Waals surface area contributed by atoms with Gasteiger partial charge in [0.2, 0.25) is 5.91 Å². The number of piperidine rings is 1. The molecule has 0 radical (unpaired) electrons. The van der Waals surface area contributed by atoms with Crippen molar-refractivity contribution in [2.45, 2.75) is 25.3 Å². The number of carbonyl (C=O) groups is 1. The third-order valence-corrected chi connectivity index (χ3v) is 3.51. The summed E-state index contributed by atoms with van der Waals surface area (Å²) in [5.41, 5.74) is 0.857. The van der Waals surface area contributed by atoms with Gasteiger partial charge in [-0.1, -0.05) is 6.42 Å². The third kappa shape index (κ3) is 2.72. The van der Waals surface area contributed by atoms with Crippen molar-refractivity contribution in [1.29, 1.82) is 0 Å². The fraction of sp³-hybridized carbons (Fsp3) is 0.333. The average Bonchev–Trinajstić information content (AvgIpc) is 2.48. The summed E-state index contributed by atoms with van der Waals surface area (Å²) in [6.07, 6.45) is 3.07. The Morgan fingerprint density at radius 3 is 2.95 bits per heavy atom. The number of anilines is 1. The van der Waals surface area contributed by atoms with Crippen LogP contribution in [-0.4, -0.2) is 18.5 Å². The fourth-order valence-electron chi connectivity index (χ4n) is 2.45. The van der Waals surface area contributed by atoms with Crippen molar-refractivity contribution in [2.24, 2.45) is 0 Å². The van der Waals surface area contributed by atoms with Crippen molar-refractivity contribution in [3.63, 3.8) is 0 Å². The van der Waals surface area contributed by atoms with Gasteiger partial charge in [-0.15, -0.1) is 0 Å². The van der Waals surface area contributed by atoms with Crippen molar-refractivity contribution >= 4 is 22.6 Å². The number of nitrogens with one attached hydrogen (secondary N) is 2. The Labute approximate surface area is 116 Å². The van der Waals surface area contributed by atoms with Crippen LogP contribution in [0.3, 0.4) is 0 Å². The fourth-order valence-corrected chi connectivity index (χ4v) is 2.45. The molecule has 0 bridgehead atoms. The lowest BCUT2D eigenvalue weighted by atomic mass is 10.0. The van der Waals surface area contributed by atoms with Crippen LogP contribution in [0.2, 0.25) is 0 Å². The highest BCUT2D eigenvalue weighted by Crippen LogP contribution is 2.18. The molecule has 1 fully saturated rings. The molecule has 1 saturated heterocycles. The maximum absolute atomic E-state index is 12.1. The predicted octanol–water partition coefficient (Wildman–Crippen LogP) is 1.87. The second kappa shape index (κ2) is 5.46. The monoisotopic (exact) mass is 272 g/mol. The first-order valence-electron chi connectivity index (χ1n) is 6.80. The molecular weight excluding hydrogens is 256 g/mol. The zero-order valence-corrected chi connectivity index (χ0v) is 11.0. The Hall–Kier alpha value is -2.14. The van der Waals surface area contributed by atoms with Crippen molar-refractivity contribution in [2.75, 3.05) is 11.9 Å². The summed E-state index contributed by atoms with van der Waals surface area (Å²) in [5, 5.41) is 6.90. The molecule has 1 atom stereocenters. The lowest BCUT2D eigenvalue weighted by molar-refractivity contribution is -0.118. The van der Waals surface area contributed by atoms with E-state index < -0.39 is 0 Å². The molecule has 0 spiro atoms. The number of rotatable bonds is 2. The molecule has 5 heteroatoms. The van der Waals surface area contributed by atoms with Crippen LogP contribution in [0.1, 0.15) is 19.3 Å². The highest BCUT2D eigenvalue weighted by molar-refractivity contribution is 5.96. The molecule has 20 heavy (non-hydrogen) atoms. The summed E-state index contributed by atoms with van der Waals surface area (Å²) in [7, 11) is 0. The maximum atomic E-state index is 12.1. The van der Waals surface area contributed by atoms with Crippen molar-refractivity contribution in [1.82, 2.24) is 5.32 Å². The first-order valence-corrected chi connectivity index (χ1v) is 6.80. The molecule has 2 N–H and O–H groups in total. The highest BCUT2D eigenvalue weighted by atomic mass is 16.4. The lowest BCUT2D eigenvalue weighted by Gasteiger charge is -2.22. The molecule has 3 rings (SSSR count). The van der Waals surface area contributed by atoms with Gasteiger partial charge >= 0.3 is 5.63 Å². The van der Waals surface area contributed by atoms with Gasteiger partial charge < -0.3 is 15.1 Å². The van der Waals surface area contributed by atoms with Gasteiger partial charge in [-0.05, 0) is 43.7 Å². The van der Waals surface area contributed by atoms with Gasteiger partial charge in [0.15, 0.2) is 0 Å². The van der Waals surface area contributed by atoms with E-state index in [0.717, 1.165) is 31.2 Å². The molecule has 1 amide bonds. The SMILES string of the molecule is O=C(Nc1ccc2oc(=O)ccc2c1)C1CCCCN1. The zero-order valence-electron chi connectivity index (χ0n) is 11.0. The Kier molecular flexibility index (Phi) is 3.52. The van der Waals surface area contributed by atoms with Gasteiger partial charge in [0, 0.05) is 17.1 Å². The smallest absolute Gasteiger partial charge is 0.336 e. The van der Waals surface area contributed by atoms with Crippen LogP contribution in [0.5, 0.6) is 0 Å². The third-order valence-electron chi connectivity index (χ3n) is 3.51. The molecular formula is C15H16N2O3. The highest BCUT2D eigenvalue weighted by Gasteiger charge is 2.20. The Morgan fingerprint density at radius 2 is 2.15 bits per heavy atom. The maximum Gasteiger partial charge on any atom is 0.336 e. The molecule has 2 heterocycles. The van der Waals surface area contributed by atoms with E-state index in [1.54, 1.807) is 24.3 Å². The molecule has 1 aliphatic heterocycles. The van der Waals surface area contributed by atoms with E-state index in [4.69, 9.17) is 4.42 Å². The Balaban J connectivity index is 1.78. The normalized spacial score (nSPS) is 18.9. The van der Waals surface area contributed by atoms with Gasteiger partial charge in [0.25, 0.3) is 0 Å². The molecule has 1 aromatic heterocycles. The van der Waals surface area contributed by atoms with Crippen LogP contribution < -0.4 is 16.3 Å². The number of amides is 1. The van der Waals surface area contributed by atoms with Gasteiger partial charge in [-0.25, -0.2) is 4.79 Å². The summed E-state index contributed by atoms with van der Waals surface area (Å²) in [6.45, 7) is 0.890. The van der Waals surface area contributed by atoms with Crippen molar-refractivity contribution in [3.8, 4) is 0 Å². The number of hydrogen-bond acceptors (Lipinski definition) is 4. The first kappa shape index (κ1) is 12.9. The van der Waals surface area contributed by atoms with E-state index in [9.17, 15) is 9.59 Å². The average molecular weight is 272 g/mol. The molecule has 5 nitrogen and oxygen atoms in total. The van der Waals surface area contributed by atoms with E-state index in [1.807, 2.05) is 0 Å². The van der Waals surface area contributed by atoms with Gasteiger partial charge in [0.1, 0.15) is 5.58 Å². The molecule has 1 aromatic carbocycles. The Morgan fingerprint density at radius 1 is 1.25 bits per heavy atom. The van der Waals surface area contributed by atoms with E-state index in [-0.39, 0.29) is 17.6 Å². The van der Waals surface area contributed by atoms with Crippen LogP contribution in [0.15, 0.2) is 39.5 Å². The predicted molar refractivity (Wildman–Crippen MR) is 76.8 cm³/mol. The number of carbonyl (C=O) groups excluding carboxylic acids is 1. The van der Waals surface area contributed by atoms with Gasteiger partial charge in [0.05, 0.1) is 6.04 Å². The van der Waals surface area contributed by atoms with Crippen LogP contribution in [0.25, 0.3) is 11.0 Å². The molecule has 1 unspecified atom stereocenters. The van der Waals surface area contributed by atoms with E-state index in [1.165, 1.54) is 6.07 Å². The van der Waals surface area contributed by atoms with Gasteiger partial charge in [-0.2, -0.15) is 0 Å². The summed E-state index contributed by atoms with van der Waals surface area (Å²) < 4.78 is 5.06. The molecule has 2 aromatic rings. The second-order valence-corrected chi connectivity index (χ2v) is 5.00. The standard InChI is InChI=1S/C15H16N2O3/c18-14-7-4-10-9-11(5-6-13(10)20-14)17-15(19)12-3-1-2-8-16-12/h4-7,9,12,16H,1-3,8H2,(H,17,19). The minimum absolute atomic E-state index is 0.0126. The van der Waals surface area contributed by atoms with E-state index >= 15 is 0 Å². The second-order valence-electron chi connectivity index (χ2n) is 5.00. The van der Waals surface area contributed by atoms with Crippen molar-refractivity contribution < 1.29 is 9.21 Å². The first-order chi connectivity index (χ1) is 9.72. The minimum atomic E-state index is -0.374. The van der Waals surface area contributed by atoms with Gasteiger partial charge in [-0.3, -0.25) is 4.79 Å². The Bertz CT molecular complexity index is 687. The molecule has 0 saturated carbocycles. The quantitative estimate of drug-likeness (QED) is 0.819. The molecule has 104 valence electrons. The van der Waals surface area contributed by atoms with Crippen LogP contribution >= 0.6 is 0 Å². The van der Waals surface area contributed by atoms with Crippen LogP contribution in [-0.2, 0) is 4.79 Å². The topological polar surface area (TPSA) is 71.3 Å². The zero-order chi connectivity index (χ0) is 13.9. The molecule has 1 aliphatic rings. The number of hydrogen-bond donors (Lipinski definition) is 2. The molecule has 0 aliphatic carbocycles. The largest absolute Gasteiger partial charge is 0.423 e. The summed E-state index contributed by atoms with van der Waals surface area (Å²) in [6, 6.07) is 8.19.